The highest BCUT2D eigenvalue weighted by atomic mass is 16.2. The van der Waals surface area contributed by atoms with Crippen molar-refractivity contribution >= 4 is 11.6 Å². The molecule has 0 fully saturated rings. The smallest absolute Gasteiger partial charge is 0.267 e. The van der Waals surface area contributed by atoms with Gasteiger partial charge < -0.3 is 5.32 Å². The molecule has 1 aromatic heterocycles. The van der Waals surface area contributed by atoms with Crippen molar-refractivity contribution in [3.8, 4) is 0 Å². The van der Waals surface area contributed by atoms with Crippen LogP contribution in [-0.4, -0.2) is 15.7 Å². The zero-order chi connectivity index (χ0) is 16.2. The third-order valence-corrected chi connectivity index (χ3v) is 4.12. The first kappa shape index (κ1) is 15.5. The van der Waals surface area contributed by atoms with Crippen molar-refractivity contribution in [2.75, 3.05) is 5.32 Å². The van der Waals surface area contributed by atoms with Crippen molar-refractivity contribution < 1.29 is 4.79 Å². The Balaban J connectivity index is 1.76. The first-order chi connectivity index (χ1) is 11.1. The molecule has 1 N–H and O–H groups in total. The molecule has 0 unspecified atom stereocenters. The molecular formula is C18H21N3O2. The summed E-state index contributed by atoms with van der Waals surface area (Å²) in [4.78, 5) is 24.3. The number of hydrogen-bond donors (Lipinski definition) is 1. The maximum absolute atomic E-state index is 12.2. The molecule has 3 rings (SSSR count). The second-order valence-electron chi connectivity index (χ2n) is 6.09. The zero-order valence-corrected chi connectivity index (χ0v) is 13.3. The molecule has 1 heterocycles. The minimum Gasteiger partial charge on any atom is -0.324 e. The number of nitrogens with zero attached hydrogens (tertiary/aromatic N) is 2. The fraction of sp³-hybridized carbons (Fsp3) is 0.389. The summed E-state index contributed by atoms with van der Waals surface area (Å²) < 4.78 is 1.27. The van der Waals surface area contributed by atoms with E-state index in [0.29, 0.717) is 0 Å². The van der Waals surface area contributed by atoms with E-state index in [1.807, 2.05) is 31.2 Å². The second-order valence-corrected chi connectivity index (χ2v) is 6.09. The van der Waals surface area contributed by atoms with Crippen LogP contribution in [0.25, 0.3) is 0 Å². The Bertz CT molecular complexity index is 780. The Morgan fingerprint density at radius 3 is 2.87 bits per heavy atom. The first-order valence-corrected chi connectivity index (χ1v) is 8.08. The van der Waals surface area contributed by atoms with Crippen LogP contribution in [0, 0.1) is 6.92 Å². The number of fused-ring (bicyclic) bond motifs is 1. The number of carbonyl (C=O) groups excluding carboxylic acids is 1. The lowest BCUT2D eigenvalue weighted by Crippen LogP contribution is -2.30. The molecule has 23 heavy (non-hydrogen) atoms. The van der Waals surface area contributed by atoms with Gasteiger partial charge >= 0.3 is 0 Å². The van der Waals surface area contributed by atoms with E-state index in [4.69, 9.17) is 0 Å². The Labute approximate surface area is 135 Å². The topological polar surface area (TPSA) is 64.0 Å². The lowest BCUT2D eigenvalue weighted by molar-refractivity contribution is -0.117. The summed E-state index contributed by atoms with van der Waals surface area (Å²) in [5, 5.41) is 7.23. The quantitative estimate of drug-likeness (QED) is 0.886. The molecule has 1 aliphatic rings. The molecule has 0 atom stereocenters. The van der Waals surface area contributed by atoms with E-state index in [2.05, 4.69) is 10.4 Å². The number of aryl methyl sites for hydroxylation is 3. The van der Waals surface area contributed by atoms with Gasteiger partial charge in [-0.05, 0) is 55.9 Å². The molecule has 0 bridgehead atoms. The van der Waals surface area contributed by atoms with Crippen LogP contribution in [-0.2, 0) is 24.2 Å². The van der Waals surface area contributed by atoms with Gasteiger partial charge in [0.25, 0.3) is 5.56 Å². The van der Waals surface area contributed by atoms with Crippen LogP contribution in [0.15, 0.2) is 35.1 Å². The second kappa shape index (κ2) is 6.77. The summed E-state index contributed by atoms with van der Waals surface area (Å²) in [6.07, 6.45) is 5.15. The SMILES string of the molecule is Cc1cccc(NC(=O)Cn2nc3c(cc2=O)CCCCC3)c1. The number of rotatable bonds is 3. The Hall–Kier alpha value is -2.43. The standard InChI is InChI=1S/C18H21N3O2/c1-13-6-5-8-15(10-13)19-17(22)12-21-18(23)11-14-7-3-2-4-9-16(14)20-21/h5-6,8,10-11H,2-4,7,9,12H2,1H3,(H,19,22). The van der Waals surface area contributed by atoms with Gasteiger partial charge in [-0.3, -0.25) is 9.59 Å². The first-order valence-electron chi connectivity index (χ1n) is 8.08. The van der Waals surface area contributed by atoms with Crippen molar-refractivity contribution in [1.29, 1.82) is 0 Å². The van der Waals surface area contributed by atoms with Crippen LogP contribution in [0.2, 0.25) is 0 Å². The predicted octanol–water partition coefficient (Wildman–Crippen LogP) is 2.46. The van der Waals surface area contributed by atoms with Crippen molar-refractivity contribution in [2.45, 2.75) is 45.6 Å². The predicted molar refractivity (Wildman–Crippen MR) is 89.6 cm³/mol. The van der Waals surface area contributed by atoms with Crippen molar-refractivity contribution in [3.05, 3.63) is 57.5 Å². The molecule has 120 valence electrons. The number of amides is 1. The van der Waals surface area contributed by atoms with E-state index in [1.165, 1.54) is 11.1 Å². The van der Waals surface area contributed by atoms with Crippen LogP contribution in [0.5, 0.6) is 0 Å². The van der Waals surface area contributed by atoms with Crippen molar-refractivity contribution in [3.63, 3.8) is 0 Å². The maximum atomic E-state index is 12.2. The molecule has 5 nitrogen and oxygen atoms in total. The Morgan fingerprint density at radius 2 is 2.04 bits per heavy atom. The fourth-order valence-electron chi connectivity index (χ4n) is 2.95. The largest absolute Gasteiger partial charge is 0.324 e. The lowest BCUT2D eigenvalue weighted by Gasteiger charge is -2.10. The molecule has 0 saturated heterocycles. The molecule has 0 aliphatic heterocycles. The summed E-state index contributed by atoms with van der Waals surface area (Å²) in [5.74, 6) is -0.237. The number of anilines is 1. The average Bonchev–Trinajstić information content (AvgIpc) is 2.72. The summed E-state index contributed by atoms with van der Waals surface area (Å²) >= 11 is 0. The van der Waals surface area contributed by atoms with Crippen molar-refractivity contribution in [2.24, 2.45) is 0 Å². The third-order valence-electron chi connectivity index (χ3n) is 4.12. The van der Waals surface area contributed by atoms with E-state index in [0.717, 1.165) is 48.2 Å². The van der Waals surface area contributed by atoms with Crippen molar-refractivity contribution in [1.82, 2.24) is 9.78 Å². The molecule has 1 aliphatic carbocycles. The summed E-state index contributed by atoms with van der Waals surface area (Å²) in [7, 11) is 0. The highest BCUT2D eigenvalue weighted by molar-refractivity contribution is 5.90. The van der Waals surface area contributed by atoms with Gasteiger partial charge in [-0.25, -0.2) is 4.68 Å². The molecule has 5 heteroatoms. The molecule has 0 radical (unpaired) electrons. The Morgan fingerprint density at radius 1 is 1.22 bits per heavy atom. The highest BCUT2D eigenvalue weighted by Gasteiger charge is 2.14. The zero-order valence-electron chi connectivity index (χ0n) is 13.3. The number of aromatic nitrogens is 2. The monoisotopic (exact) mass is 311 g/mol. The Kier molecular flexibility index (Phi) is 4.55. The van der Waals surface area contributed by atoms with E-state index >= 15 is 0 Å². The van der Waals surface area contributed by atoms with E-state index in [1.54, 1.807) is 6.07 Å². The van der Waals surface area contributed by atoms with Crippen LogP contribution in [0.1, 0.15) is 36.1 Å². The minimum absolute atomic E-state index is 0.0555. The van der Waals surface area contributed by atoms with Gasteiger partial charge in [-0.2, -0.15) is 5.10 Å². The molecule has 0 spiro atoms. The number of nitrogens with one attached hydrogen (secondary N) is 1. The molecule has 1 amide bonds. The third kappa shape index (κ3) is 3.86. The molecular weight excluding hydrogens is 290 g/mol. The van der Waals surface area contributed by atoms with Gasteiger partial charge in [0, 0.05) is 11.8 Å². The molecule has 1 aromatic carbocycles. The van der Waals surface area contributed by atoms with Gasteiger partial charge in [0.05, 0.1) is 5.69 Å². The summed E-state index contributed by atoms with van der Waals surface area (Å²) in [6, 6.07) is 9.22. The lowest BCUT2D eigenvalue weighted by atomic mass is 10.1. The van der Waals surface area contributed by atoms with Crippen LogP contribution >= 0.6 is 0 Å². The molecule has 0 saturated carbocycles. The van der Waals surface area contributed by atoms with Gasteiger partial charge in [-0.15, -0.1) is 0 Å². The van der Waals surface area contributed by atoms with E-state index in [-0.39, 0.29) is 18.0 Å². The van der Waals surface area contributed by atoms with Gasteiger partial charge in [0.1, 0.15) is 6.54 Å². The van der Waals surface area contributed by atoms with E-state index in [9.17, 15) is 9.59 Å². The fourth-order valence-corrected chi connectivity index (χ4v) is 2.95. The van der Waals surface area contributed by atoms with Gasteiger partial charge in [-0.1, -0.05) is 18.6 Å². The molecule has 2 aromatic rings. The number of hydrogen-bond acceptors (Lipinski definition) is 3. The van der Waals surface area contributed by atoms with Gasteiger partial charge in [0.15, 0.2) is 0 Å². The minimum atomic E-state index is -0.237. The maximum Gasteiger partial charge on any atom is 0.267 e. The summed E-state index contributed by atoms with van der Waals surface area (Å²) in [5.41, 5.74) is 3.61. The van der Waals surface area contributed by atoms with Crippen LogP contribution < -0.4 is 10.9 Å². The average molecular weight is 311 g/mol. The summed E-state index contributed by atoms with van der Waals surface area (Å²) in [6.45, 7) is 1.91. The van der Waals surface area contributed by atoms with Gasteiger partial charge in [0.2, 0.25) is 5.91 Å². The highest BCUT2D eigenvalue weighted by Crippen LogP contribution is 2.16. The number of benzene rings is 1. The van der Waals surface area contributed by atoms with E-state index < -0.39 is 0 Å². The normalized spacial score (nSPS) is 14.0. The van der Waals surface area contributed by atoms with Crippen LogP contribution in [0.4, 0.5) is 5.69 Å². The van der Waals surface area contributed by atoms with Crippen LogP contribution in [0.3, 0.4) is 0 Å². The number of carbonyl (C=O) groups is 1.